The summed E-state index contributed by atoms with van der Waals surface area (Å²) >= 11 is 0. The van der Waals surface area contributed by atoms with Crippen molar-refractivity contribution in [1.29, 1.82) is 0 Å². The minimum atomic E-state index is -0.494. The van der Waals surface area contributed by atoms with Crippen molar-refractivity contribution >= 4 is 11.4 Å². The van der Waals surface area contributed by atoms with Gasteiger partial charge in [-0.15, -0.1) is 0 Å². The van der Waals surface area contributed by atoms with Gasteiger partial charge in [0.1, 0.15) is 11.5 Å². The van der Waals surface area contributed by atoms with E-state index in [0.29, 0.717) is 17.2 Å². The van der Waals surface area contributed by atoms with E-state index < -0.39 is 4.92 Å². The van der Waals surface area contributed by atoms with E-state index in [1.807, 2.05) is 24.3 Å². The molecule has 2 rings (SSSR count). The molecule has 5 heteroatoms. The summed E-state index contributed by atoms with van der Waals surface area (Å²) in [5, 5.41) is 10.8. The Morgan fingerprint density at radius 1 is 1.05 bits per heavy atom. The maximum atomic E-state index is 10.8. The number of hydrogen-bond acceptors (Lipinski definition) is 4. The van der Waals surface area contributed by atoms with Crippen molar-refractivity contribution < 1.29 is 9.66 Å². The number of hydrogen-bond donors (Lipinski definition) is 1. The van der Waals surface area contributed by atoms with Gasteiger partial charge in [0, 0.05) is 17.8 Å². The molecule has 0 unspecified atom stereocenters. The Labute approximate surface area is 123 Å². The number of anilines is 1. The molecular weight excluding hydrogens is 268 g/mol. The van der Waals surface area contributed by atoms with Crippen LogP contribution in [0.1, 0.15) is 26.3 Å². The first-order valence-electron chi connectivity index (χ1n) is 6.59. The molecule has 0 saturated carbocycles. The van der Waals surface area contributed by atoms with Crippen molar-refractivity contribution in [2.24, 2.45) is 0 Å². The van der Waals surface area contributed by atoms with Crippen molar-refractivity contribution in [2.75, 3.05) is 5.73 Å². The highest BCUT2D eigenvalue weighted by atomic mass is 16.6. The Morgan fingerprint density at radius 3 is 2.19 bits per heavy atom. The molecule has 0 aliphatic rings. The predicted molar refractivity (Wildman–Crippen MR) is 82.7 cm³/mol. The number of nitro benzene ring substituents is 1. The van der Waals surface area contributed by atoms with Crippen molar-refractivity contribution in [2.45, 2.75) is 26.2 Å². The molecule has 2 aromatic carbocycles. The second-order valence-corrected chi connectivity index (χ2v) is 5.89. The summed E-state index contributed by atoms with van der Waals surface area (Å²) in [6.07, 6.45) is 0. The number of non-ortho nitro benzene ring substituents is 1. The fourth-order valence-corrected chi connectivity index (χ4v) is 1.93. The van der Waals surface area contributed by atoms with Crippen molar-refractivity contribution in [1.82, 2.24) is 0 Å². The molecule has 0 amide bonds. The van der Waals surface area contributed by atoms with Gasteiger partial charge in [-0.05, 0) is 23.1 Å². The molecule has 110 valence electrons. The second kappa shape index (κ2) is 5.44. The van der Waals surface area contributed by atoms with Crippen LogP contribution in [0.25, 0.3) is 0 Å². The summed E-state index contributed by atoms with van der Waals surface area (Å²) in [7, 11) is 0. The molecule has 0 bridgehead atoms. The fourth-order valence-electron chi connectivity index (χ4n) is 1.93. The Bertz CT molecular complexity index is 658. The van der Waals surface area contributed by atoms with Crippen LogP contribution in [0.5, 0.6) is 11.5 Å². The first-order valence-corrected chi connectivity index (χ1v) is 6.59. The molecule has 5 nitrogen and oxygen atoms in total. The van der Waals surface area contributed by atoms with E-state index in [1.54, 1.807) is 6.07 Å². The lowest BCUT2D eigenvalue weighted by molar-refractivity contribution is -0.384. The maximum absolute atomic E-state index is 10.8. The molecule has 0 aliphatic heterocycles. The van der Waals surface area contributed by atoms with Crippen molar-refractivity contribution in [3.05, 3.63) is 58.1 Å². The van der Waals surface area contributed by atoms with E-state index in [4.69, 9.17) is 10.5 Å². The van der Waals surface area contributed by atoms with Crippen LogP contribution in [0, 0.1) is 10.1 Å². The summed E-state index contributed by atoms with van der Waals surface area (Å²) in [5.41, 5.74) is 7.11. The van der Waals surface area contributed by atoms with E-state index in [0.717, 1.165) is 0 Å². The zero-order valence-corrected chi connectivity index (χ0v) is 12.3. The Balaban J connectivity index is 2.24. The number of nitrogens with two attached hydrogens (primary N) is 1. The number of rotatable bonds is 3. The van der Waals surface area contributed by atoms with Gasteiger partial charge in [-0.1, -0.05) is 32.9 Å². The van der Waals surface area contributed by atoms with Crippen LogP contribution in [0.4, 0.5) is 11.4 Å². The molecule has 0 aliphatic carbocycles. The number of nitrogens with zero attached hydrogens (tertiary/aromatic N) is 1. The first-order chi connectivity index (χ1) is 9.75. The topological polar surface area (TPSA) is 78.4 Å². The van der Waals surface area contributed by atoms with Crippen molar-refractivity contribution in [3.8, 4) is 11.5 Å². The smallest absolute Gasteiger partial charge is 0.275 e. The SMILES string of the molecule is CC(C)(C)c1ccc(Oc2cc(N)cc([N+](=O)[O-])c2)cc1. The van der Waals surface area contributed by atoms with Crippen LogP contribution in [-0.4, -0.2) is 4.92 Å². The summed E-state index contributed by atoms with van der Waals surface area (Å²) in [4.78, 5) is 10.3. The minimum Gasteiger partial charge on any atom is -0.457 e. The zero-order chi connectivity index (χ0) is 15.6. The Hall–Kier alpha value is -2.56. The van der Waals surface area contributed by atoms with Gasteiger partial charge in [0.25, 0.3) is 5.69 Å². The molecule has 21 heavy (non-hydrogen) atoms. The molecule has 2 aromatic rings. The monoisotopic (exact) mass is 286 g/mol. The quantitative estimate of drug-likeness (QED) is 0.519. The first kappa shape index (κ1) is 14.8. The third-order valence-corrected chi connectivity index (χ3v) is 3.08. The molecule has 0 saturated heterocycles. The van der Waals surface area contributed by atoms with Gasteiger partial charge in [0.05, 0.1) is 11.0 Å². The van der Waals surface area contributed by atoms with Gasteiger partial charge >= 0.3 is 0 Å². The third kappa shape index (κ3) is 3.72. The van der Waals surface area contributed by atoms with E-state index in [2.05, 4.69) is 20.8 Å². The Morgan fingerprint density at radius 2 is 1.67 bits per heavy atom. The lowest BCUT2D eigenvalue weighted by atomic mass is 9.87. The van der Waals surface area contributed by atoms with Gasteiger partial charge in [-0.2, -0.15) is 0 Å². The standard InChI is InChI=1S/C16H18N2O3/c1-16(2,3)11-4-6-14(7-5-11)21-15-9-12(17)8-13(10-15)18(19)20/h4-10H,17H2,1-3H3. The molecular formula is C16H18N2O3. The largest absolute Gasteiger partial charge is 0.457 e. The molecule has 0 spiro atoms. The molecule has 0 radical (unpaired) electrons. The van der Waals surface area contributed by atoms with E-state index >= 15 is 0 Å². The van der Waals surface area contributed by atoms with E-state index in [1.165, 1.54) is 17.7 Å². The van der Waals surface area contributed by atoms with Crippen LogP contribution in [0.2, 0.25) is 0 Å². The second-order valence-electron chi connectivity index (χ2n) is 5.89. The van der Waals surface area contributed by atoms with E-state index in [9.17, 15) is 10.1 Å². The lowest BCUT2D eigenvalue weighted by Gasteiger charge is -2.19. The van der Waals surface area contributed by atoms with Gasteiger partial charge in [-0.3, -0.25) is 10.1 Å². The average Bonchev–Trinajstić information content (AvgIpc) is 2.37. The summed E-state index contributed by atoms with van der Waals surface area (Å²) in [5.74, 6) is 0.966. The third-order valence-electron chi connectivity index (χ3n) is 3.08. The predicted octanol–water partition coefficient (Wildman–Crippen LogP) is 4.27. The Kier molecular flexibility index (Phi) is 3.84. The van der Waals surface area contributed by atoms with Crippen molar-refractivity contribution in [3.63, 3.8) is 0 Å². The summed E-state index contributed by atoms with van der Waals surface area (Å²) in [6, 6.07) is 11.9. The molecule has 0 atom stereocenters. The van der Waals surface area contributed by atoms with Gasteiger partial charge in [0.2, 0.25) is 0 Å². The lowest BCUT2D eigenvalue weighted by Crippen LogP contribution is -2.10. The number of benzene rings is 2. The molecule has 2 N–H and O–H groups in total. The van der Waals surface area contributed by atoms with Crippen LogP contribution in [0.15, 0.2) is 42.5 Å². The van der Waals surface area contributed by atoms with Gasteiger partial charge in [0.15, 0.2) is 0 Å². The summed E-state index contributed by atoms with van der Waals surface area (Å²) < 4.78 is 5.63. The van der Waals surface area contributed by atoms with Crippen LogP contribution >= 0.6 is 0 Å². The highest BCUT2D eigenvalue weighted by molar-refractivity contribution is 5.54. The molecule has 0 fully saturated rings. The van der Waals surface area contributed by atoms with Gasteiger partial charge in [-0.25, -0.2) is 0 Å². The summed E-state index contributed by atoms with van der Waals surface area (Å²) in [6.45, 7) is 6.39. The fraction of sp³-hybridized carbons (Fsp3) is 0.250. The van der Waals surface area contributed by atoms with Crippen LogP contribution < -0.4 is 10.5 Å². The zero-order valence-electron chi connectivity index (χ0n) is 12.3. The average molecular weight is 286 g/mol. The van der Waals surface area contributed by atoms with Gasteiger partial charge < -0.3 is 10.5 Å². The maximum Gasteiger partial charge on any atom is 0.275 e. The van der Waals surface area contributed by atoms with Crippen LogP contribution in [0.3, 0.4) is 0 Å². The molecule has 0 aromatic heterocycles. The highest BCUT2D eigenvalue weighted by Crippen LogP contribution is 2.30. The van der Waals surface area contributed by atoms with Crippen LogP contribution in [-0.2, 0) is 5.41 Å². The minimum absolute atomic E-state index is 0.0640. The number of nitrogen functional groups attached to an aromatic ring is 1. The number of ether oxygens (including phenoxy) is 1. The highest BCUT2D eigenvalue weighted by Gasteiger charge is 2.14. The number of nitro groups is 1. The molecule has 0 heterocycles. The van der Waals surface area contributed by atoms with E-state index in [-0.39, 0.29) is 11.1 Å². The normalized spacial score (nSPS) is 11.2.